The summed E-state index contributed by atoms with van der Waals surface area (Å²) in [5, 5.41) is 4.79. The van der Waals surface area contributed by atoms with Crippen molar-refractivity contribution in [1.29, 1.82) is 0 Å². The molecule has 3 aromatic carbocycles. The predicted octanol–water partition coefficient (Wildman–Crippen LogP) is 7.64. The Morgan fingerprint density at radius 2 is 1.77 bits per heavy atom. The normalized spacial score (nSPS) is 11.6. The molecule has 4 rings (SSSR count). The smallest absolute Gasteiger partial charge is 0.381 e. The van der Waals surface area contributed by atoms with Gasteiger partial charge in [-0.1, -0.05) is 53.5 Å². The van der Waals surface area contributed by atoms with E-state index in [4.69, 9.17) is 23.2 Å². The number of nitrogens with zero attached hydrogens (tertiary/aromatic N) is 1. The number of para-hydroxylation sites is 1. The summed E-state index contributed by atoms with van der Waals surface area (Å²) in [6, 6.07) is 19.7. The van der Waals surface area contributed by atoms with E-state index in [0.717, 1.165) is 22.9 Å². The molecule has 30 heavy (non-hydrogen) atoms. The first-order valence-corrected chi connectivity index (χ1v) is 9.73. The third-order valence-electron chi connectivity index (χ3n) is 4.66. The van der Waals surface area contributed by atoms with Crippen molar-refractivity contribution in [3.8, 4) is 11.1 Å². The summed E-state index contributed by atoms with van der Waals surface area (Å²) in [7, 11) is 0. The Bertz CT molecular complexity index is 1220. The molecule has 0 atom stereocenters. The molecule has 4 aromatic rings. The number of fused-ring (bicyclic) bond motifs is 1. The number of anilines is 1. The maximum atomic E-state index is 13.4. The number of halogens is 5. The Morgan fingerprint density at radius 3 is 2.53 bits per heavy atom. The number of benzene rings is 3. The van der Waals surface area contributed by atoms with E-state index in [1.54, 1.807) is 18.2 Å². The second kappa shape index (κ2) is 8.17. The van der Waals surface area contributed by atoms with Crippen LogP contribution in [0.5, 0.6) is 0 Å². The average molecular weight is 446 g/mol. The van der Waals surface area contributed by atoms with E-state index >= 15 is 0 Å². The average Bonchev–Trinajstić information content (AvgIpc) is 2.72. The summed E-state index contributed by atoms with van der Waals surface area (Å²) < 4.78 is 40.1. The van der Waals surface area contributed by atoms with Crippen molar-refractivity contribution in [1.82, 2.24) is 4.98 Å². The molecule has 1 heterocycles. The van der Waals surface area contributed by atoms with Gasteiger partial charge in [0, 0.05) is 45.5 Å². The highest BCUT2D eigenvalue weighted by Crippen LogP contribution is 2.37. The zero-order valence-corrected chi connectivity index (χ0v) is 16.9. The van der Waals surface area contributed by atoms with Crippen LogP contribution in [-0.2, 0) is 12.7 Å². The summed E-state index contributed by atoms with van der Waals surface area (Å²) in [5.74, 6) is 0. The van der Waals surface area contributed by atoms with Gasteiger partial charge in [0.25, 0.3) is 0 Å². The van der Waals surface area contributed by atoms with E-state index in [1.807, 2.05) is 30.3 Å². The molecule has 0 saturated carbocycles. The van der Waals surface area contributed by atoms with Crippen molar-refractivity contribution < 1.29 is 13.2 Å². The summed E-state index contributed by atoms with van der Waals surface area (Å²) in [6.45, 7) is 0.471. The van der Waals surface area contributed by atoms with Crippen LogP contribution in [0.2, 0.25) is 10.0 Å². The minimum atomic E-state index is -4.48. The summed E-state index contributed by atoms with van der Waals surface area (Å²) in [5.41, 5.74) is 2.10. The minimum Gasteiger partial charge on any atom is -0.381 e. The molecule has 0 aliphatic carbocycles. The molecule has 0 amide bonds. The van der Waals surface area contributed by atoms with Crippen molar-refractivity contribution in [2.45, 2.75) is 12.7 Å². The minimum absolute atomic E-state index is 0.0925. The van der Waals surface area contributed by atoms with Gasteiger partial charge in [-0.25, -0.2) is 0 Å². The maximum absolute atomic E-state index is 13.4. The summed E-state index contributed by atoms with van der Waals surface area (Å²) in [6.07, 6.45) is -3.20. The van der Waals surface area contributed by atoms with E-state index in [-0.39, 0.29) is 5.52 Å². The Balaban J connectivity index is 1.68. The number of alkyl halides is 3. The van der Waals surface area contributed by atoms with Crippen LogP contribution in [0.15, 0.2) is 66.9 Å². The lowest BCUT2D eigenvalue weighted by Crippen LogP contribution is -2.06. The number of pyridine rings is 1. The highest BCUT2D eigenvalue weighted by Gasteiger charge is 2.33. The molecule has 0 saturated heterocycles. The molecule has 1 aromatic heterocycles. The molecule has 0 spiro atoms. The van der Waals surface area contributed by atoms with Crippen LogP contribution in [0.1, 0.15) is 11.1 Å². The van der Waals surface area contributed by atoms with E-state index in [1.165, 1.54) is 12.3 Å². The lowest BCUT2D eigenvalue weighted by Gasteiger charge is -2.13. The number of nitrogens with one attached hydrogen (secondary N) is 1. The Labute approximate surface area is 181 Å². The van der Waals surface area contributed by atoms with Gasteiger partial charge in [0.05, 0.1) is 11.1 Å². The molecule has 2 nitrogen and oxygen atoms in total. The standard InChI is InChI=1S/C23H14Cl2F3N2/c24-16-8-7-15(21(25)12-16)13-30-17-4-1-3-14(11-17)18-9-10-29-22-19(18)5-2-6-20(22)23(26,27)28/h1-8,10-12,30H,13H2. The fourth-order valence-electron chi connectivity index (χ4n) is 3.24. The van der Waals surface area contributed by atoms with E-state index in [9.17, 15) is 13.2 Å². The van der Waals surface area contributed by atoms with Gasteiger partial charge in [-0.3, -0.25) is 4.98 Å². The predicted molar refractivity (Wildman–Crippen MR) is 115 cm³/mol. The molecule has 151 valence electrons. The van der Waals surface area contributed by atoms with Gasteiger partial charge in [0.15, 0.2) is 0 Å². The largest absolute Gasteiger partial charge is 0.418 e. The number of hydrogen-bond acceptors (Lipinski definition) is 2. The first-order chi connectivity index (χ1) is 14.3. The molecule has 7 heteroatoms. The Morgan fingerprint density at radius 1 is 0.967 bits per heavy atom. The Hall–Kier alpha value is -2.76. The van der Waals surface area contributed by atoms with Crippen LogP contribution in [0.3, 0.4) is 0 Å². The lowest BCUT2D eigenvalue weighted by molar-refractivity contribution is -0.136. The third-order valence-corrected chi connectivity index (χ3v) is 5.25. The van der Waals surface area contributed by atoms with Gasteiger partial charge >= 0.3 is 6.18 Å². The number of rotatable bonds is 4. The molecular formula is C23H14Cl2F3N2. The van der Waals surface area contributed by atoms with E-state index in [0.29, 0.717) is 27.5 Å². The molecule has 1 N–H and O–H groups in total. The first-order valence-electron chi connectivity index (χ1n) is 8.98. The van der Waals surface area contributed by atoms with Crippen LogP contribution in [0.25, 0.3) is 22.0 Å². The van der Waals surface area contributed by atoms with Gasteiger partial charge in [-0.05, 0) is 41.5 Å². The van der Waals surface area contributed by atoms with E-state index in [2.05, 4.69) is 16.4 Å². The Kier molecular flexibility index (Phi) is 5.58. The van der Waals surface area contributed by atoms with Gasteiger partial charge in [-0.15, -0.1) is 0 Å². The van der Waals surface area contributed by atoms with Crippen LogP contribution in [-0.4, -0.2) is 4.98 Å². The van der Waals surface area contributed by atoms with Crippen LogP contribution in [0.4, 0.5) is 18.9 Å². The summed E-state index contributed by atoms with van der Waals surface area (Å²) in [4.78, 5) is 3.93. The highest BCUT2D eigenvalue weighted by atomic mass is 35.5. The van der Waals surface area contributed by atoms with Gasteiger partial charge < -0.3 is 5.32 Å². The van der Waals surface area contributed by atoms with Crippen molar-refractivity contribution in [2.75, 3.05) is 5.32 Å². The maximum Gasteiger partial charge on any atom is 0.418 e. The molecule has 0 bridgehead atoms. The quantitative estimate of drug-likeness (QED) is 0.349. The number of aromatic nitrogens is 1. The van der Waals surface area contributed by atoms with Crippen LogP contribution < -0.4 is 5.32 Å². The second-order valence-electron chi connectivity index (χ2n) is 6.65. The highest BCUT2D eigenvalue weighted by molar-refractivity contribution is 6.35. The lowest BCUT2D eigenvalue weighted by atomic mass is 9.99. The van der Waals surface area contributed by atoms with Gasteiger partial charge in [0.1, 0.15) is 0 Å². The van der Waals surface area contributed by atoms with Crippen LogP contribution >= 0.6 is 23.2 Å². The zero-order valence-electron chi connectivity index (χ0n) is 15.4. The third kappa shape index (κ3) is 4.23. The topological polar surface area (TPSA) is 24.9 Å². The monoisotopic (exact) mass is 445 g/mol. The number of hydrogen-bond donors (Lipinski definition) is 1. The molecule has 0 fully saturated rings. The van der Waals surface area contributed by atoms with Gasteiger partial charge in [0.2, 0.25) is 0 Å². The zero-order chi connectivity index (χ0) is 21.3. The van der Waals surface area contributed by atoms with Crippen molar-refractivity contribution in [3.05, 3.63) is 94.1 Å². The van der Waals surface area contributed by atoms with Gasteiger partial charge in [-0.2, -0.15) is 13.2 Å². The van der Waals surface area contributed by atoms with E-state index < -0.39 is 11.7 Å². The molecular weight excluding hydrogens is 432 g/mol. The van der Waals surface area contributed by atoms with Crippen molar-refractivity contribution in [3.63, 3.8) is 0 Å². The second-order valence-corrected chi connectivity index (χ2v) is 7.49. The fourth-order valence-corrected chi connectivity index (χ4v) is 3.71. The van der Waals surface area contributed by atoms with Crippen molar-refractivity contribution in [2.24, 2.45) is 0 Å². The molecule has 0 aliphatic rings. The molecule has 0 unspecified atom stereocenters. The SMILES string of the molecule is FC(F)(F)c1cccc2c(-c3cccc(NCc4ccc(Cl)cc4Cl)c3)[c]cnc12. The molecule has 0 aliphatic heterocycles. The summed E-state index contributed by atoms with van der Waals surface area (Å²) >= 11 is 12.1. The van der Waals surface area contributed by atoms with Crippen LogP contribution in [0, 0.1) is 6.07 Å². The van der Waals surface area contributed by atoms with Crippen molar-refractivity contribution >= 4 is 39.8 Å². The molecule has 1 radical (unpaired) electrons. The first kappa shape index (κ1) is 20.5. The fraction of sp³-hybridized carbons (Fsp3) is 0.0870.